The third-order valence-electron chi connectivity index (χ3n) is 3.19. The van der Waals surface area contributed by atoms with Gasteiger partial charge in [0, 0.05) is 4.47 Å². The van der Waals surface area contributed by atoms with Gasteiger partial charge in [0.05, 0.1) is 12.2 Å². The van der Waals surface area contributed by atoms with E-state index in [-0.39, 0.29) is 6.10 Å². The summed E-state index contributed by atoms with van der Waals surface area (Å²) in [5, 5.41) is 0. The molecule has 1 heterocycles. The normalized spacial score (nSPS) is 23.3. The minimum absolute atomic E-state index is 0.238. The summed E-state index contributed by atoms with van der Waals surface area (Å²) in [4.78, 5) is 0. The van der Waals surface area contributed by atoms with E-state index in [1.165, 1.54) is 5.56 Å². The molecule has 1 aromatic carbocycles. The number of halogens is 1. The molecule has 2 unspecified atom stereocenters. The van der Waals surface area contributed by atoms with Crippen molar-refractivity contribution in [1.29, 1.82) is 0 Å². The Morgan fingerprint density at radius 1 is 1.44 bits per heavy atom. The van der Waals surface area contributed by atoms with E-state index in [1.54, 1.807) is 0 Å². The molecule has 0 saturated carbocycles. The van der Waals surface area contributed by atoms with Crippen LogP contribution in [0.4, 0.5) is 0 Å². The lowest BCUT2D eigenvalue weighted by molar-refractivity contribution is 0.0264. The maximum absolute atomic E-state index is 5.79. The largest absolute Gasteiger partial charge is 0.491 e. The van der Waals surface area contributed by atoms with Gasteiger partial charge in [0.1, 0.15) is 12.4 Å². The van der Waals surface area contributed by atoms with Crippen molar-refractivity contribution in [3.05, 3.63) is 28.2 Å². The Hall–Kier alpha value is -0.580. The van der Waals surface area contributed by atoms with Gasteiger partial charge in [0.15, 0.2) is 0 Å². The van der Waals surface area contributed by atoms with Crippen molar-refractivity contribution in [2.75, 3.05) is 13.2 Å². The maximum Gasteiger partial charge on any atom is 0.119 e. The molecule has 1 aliphatic heterocycles. The second-order valence-electron chi connectivity index (χ2n) is 4.75. The molecule has 0 aromatic heterocycles. The van der Waals surface area contributed by atoms with Gasteiger partial charge in [-0.1, -0.05) is 15.9 Å². The SMILES string of the molecule is CC1CCC(COc2ccc(Br)c(CCN)c2)O1. The fourth-order valence-corrected chi connectivity index (χ4v) is 2.63. The van der Waals surface area contributed by atoms with E-state index in [4.69, 9.17) is 15.2 Å². The number of nitrogens with two attached hydrogens (primary N) is 1. The molecule has 1 fully saturated rings. The van der Waals surface area contributed by atoms with Gasteiger partial charge in [-0.15, -0.1) is 0 Å². The highest BCUT2D eigenvalue weighted by atomic mass is 79.9. The molecule has 0 spiro atoms. The van der Waals surface area contributed by atoms with Crippen molar-refractivity contribution in [2.24, 2.45) is 5.73 Å². The Morgan fingerprint density at radius 3 is 2.94 bits per heavy atom. The smallest absolute Gasteiger partial charge is 0.119 e. The summed E-state index contributed by atoms with van der Waals surface area (Å²) in [7, 11) is 0. The molecule has 0 bridgehead atoms. The van der Waals surface area contributed by atoms with Crippen LogP contribution in [0, 0.1) is 0 Å². The fraction of sp³-hybridized carbons (Fsp3) is 0.571. The van der Waals surface area contributed by atoms with Crippen molar-refractivity contribution >= 4 is 15.9 Å². The molecule has 4 heteroatoms. The predicted molar refractivity (Wildman–Crippen MR) is 76.0 cm³/mol. The molecule has 3 nitrogen and oxygen atoms in total. The molecular weight excluding hydrogens is 294 g/mol. The minimum atomic E-state index is 0.238. The van der Waals surface area contributed by atoms with Crippen LogP contribution in [0.15, 0.2) is 22.7 Å². The molecule has 1 aliphatic rings. The highest BCUT2D eigenvalue weighted by Gasteiger charge is 2.22. The van der Waals surface area contributed by atoms with Gasteiger partial charge in [-0.05, 0) is 56.5 Å². The molecule has 100 valence electrons. The quantitative estimate of drug-likeness (QED) is 0.909. The van der Waals surface area contributed by atoms with Crippen molar-refractivity contribution in [2.45, 2.75) is 38.4 Å². The van der Waals surface area contributed by atoms with E-state index in [9.17, 15) is 0 Å². The first-order valence-electron chi connectivity index (χ1n) is 6.46. The summed E-state index contributed by atoms with van der Waals surface area (Å²) in [6.45, 7) is 3.39. The Balaban J connectivity index is 1.91. The molecule has 0 radical (unpaired) electrons. The average molecular weight is 314 g/mol. The van der Waals surface area contributed by atoms with Crippen LogP contribution in [0.3, 0.4) is 0 Å². The van der Waals surface area contributed by atoms with Gasteiger partial charge >= 0.3 is 0 Å². The highest BCUT2D eigenvalue weighted by Crippen LogP contribution is 2.24. The first-order chi connectivity index (χ1) is 8.69. The summed E-state index contributed by atoms with van der Waals surface area (Å²) < 4.78 is 12.6. The zero-order valence-electron chi connectivity index (χ0n) is 10.7. The van der Waals surface area contributed by atoms with Gasteiger partial charge in [0.25, 0.3) is 0 Å². The summed E-state index contributed by atoms with van der Waals surface area (Å²) in [6.07, 6.45) is 3.69. The van der Waals surface area contributed by atoms with Gasteiger partial charge in [0.2, 0.25) is 0 Å². The summed E-state index contributed by atoms with van der Waals surface area (Å²) in [5.41, 5.74) is 6.78. The number of hydrogen-bond acceptors (Lipinski definition) is 3. The minimum Gasteiger partial charge on any atom is -0.491 e. The fourth-order valence-electron chi connectivity index (χ4n) is 2.18. The van der Waals surface area contributed by atoms with Crippen LogP contribution < -0.4 is 10.5 Å². The number of benzene rings is 1. The molecule has 1 aromatic rings. The summed E-state index contributed by atoms with van der Waals surface area (Å²) in [5.74, 6) is 0.893. The molecule has 0 amide bonds. The molecule has 2 N–H and O–H groups in total. The van der Waals surface area contributed by atoms with Crippen LogP contribution >= 0.6 is 15.9 Å². The molecule has 1 saturated heterocycles. The van der Waals surface area contributed by atoms with E-state index in [0.29, 0.717) is 19.3 Å². The number of rotatable bonds is 5. The van der Waals surface area contributed by atoms with E-state index < -0.39 is 0 Å². The van der Waals surface area contributed by atoms with Crippen molar-refractivity contribution < 1.29 is 9.47 Å². The lowest BCUT2D eigenvalue weighted by Crippen LogP contribution is -2.18. The van der Waals surface area contributed by atoms with E-state index >= 15 is 0 Å². The Morgan fingerprint density at radius 2 is 2.28 bits per heavy atom. The van der Waals surface area contributed by atoms with Crippen molar-refractivity contribution in [1.82, 2.24) is 0 Å². The van der Waals surface area contributed by atoms with E-state index in [2.05, 4.69) is 28.9 Å². The van der Waals surface area contributed by atoms with Gasteiger partial charge in [-0.25, -0.2) is 0 Å². The topological polar surface area (TPSA) is 44.5 Å². The predicted octanol–water partition coefficient (Wildman–Crippen LogP) is 2.90. The maximum atomic E-state index is 5.79. The Kier molecular flexibility index (Phi) is 5.03. The lowest BCUT2D eigenvalue weighted by Gasteiger charge is -2.14. The van der Waals surface area contributed by atoms with Crippen molar-refractivity contribution in [3.8, 4) is 5.75 Å². The van der Waals surface area contributed by atoms with E-state index in [1.807, 2.05) is 12.1 Å². The molecule has 2 atom stereocenters. The van der Waals surface area contributed by atoms with E-state index in [0.717, 1.165) is 29.5 Å². The van der Waals surface area contributed by atoms with Gasteiger partial charge in [-0.3, -0.25) is 0 Å². The van der Waals surface area contributed by atoms with Crippen LogP contribution in [0.5, 0.6) is 5.75 Å². The molecule has 18 heavy (non-hydrogen) atoms. The van der Waals surface area contributed by atoms with Crippen LogP contribution in [0.2, 0.25) is 0 Å². The number of hydrogen-bond donors (Lipinski definition) is 1. The second kappa shape index (κ2) is 6.55. The highest BCUT2D eigenvalue weighted by molar-refractivity contribution is 9.10. The van der Waals surface area contributed by atoms with Crippen LogP contribution in [0.1, 0.15) is 25.3 Å². The third kappa shape index (κ3) is 3.70. The second-order valence-corrected chi connectivity index (χ2v) is 5.60. The lowest BCUT2D eigenvalue weighted by atomic mass is 10.1. The standard InChI is InChI=1S/C14H20BrNO2/c1-10-2-3-13(18-10)9-17-12-4-5-14(15)11(8-12)6-7-16/h4-5,8,10,13H,2-3,6-7,9,16H2,1H3. The molecular formula is C14H20BrNO2. The summed E-state index contributed by atoms with van der Waals surface area (Å²) in [6, 6.07) is 6.04. The third-order valence-corrected chi connectivity index (χ3v) is 3.96. The first kappa shape index (κ1) is 13.8. The Labute approximate surface area is 117 Å². The van der Waals surface area contributed by atoms with Gasteiger partial charge < -0.3 is 15.2 Å². The molecule has 2 rings (SSSR count). The Bertz CT molecular complexity index is 397. The van der Waals surface area contributed by atoms with Crippen molar-refractivity contribution in [3.63, 3.8) is 0 Å². The van der Waals surface area contributed by atoms with Crippen LogP contribution in [-0.4, -0.2) is 25.4 Å². The zero-order valence-corrected chi connectivity index (χ0v) is 12.3. The molecule has 0 aliphatic carbocycles. The average Bonchev–Trinajstić information content (AvgIpc) is 2.76. The summed E-state index contributed by atoms with van der Waals surface area (Å²) >= 11 is 3.52. The number of ether oxygens (including phenoxy) is 2. The van der Waals surface area contributed by atoms with Gasteiger partial charge in [-0.2, -0.15) is 0 Å². The van der Waals surface area contributed by atoms with Crippen LogP contribution in [0.25, 0.3) is 0 Å². The zero-order chi connectivity index (χ0) is 13.0. The van der Waals surface area contributed by atoms with Crippen LogP contribution in [-0.2, 0) is 11.2 Å². The monoisotopic (exact) mass is 313 g/mol. The first-order valence-corrected chi connectivity index (χ1v) is 7.25.